The van der Waals surface area contributed by atoms with Gasteiger partial charge in [0.05, 0.1) is 18.8 Å². The second-order valence-corrected chi connectivity index (χ2v) is 3.87. The van der Waals surface area contributed by atoms with Crippen LogP contribution in [0.2, 0.25) is 5.15 Å². The van der Waals surface area contributed by atoms with Gasteiger partial charge in [0, 0.05) is 13.1 Å². The van der Waals surface area contributed by atoms with E-state index in [9.17, 15) is 4.79 Å². The van der Waals surface area contributed by atoms with Gasteiger partial charge in [-0.3, -0.25) is 4.79 Å². The average Bonchev–Trinajstić information content (AvgIpc) is 2.29. The summed E-state index contributed by atoms with van der Waals surface area (Å²) < 4.78 is 5.25. The molecule has 0 atom stereocenters. The van der Waals surface area contributed by atoms with Crippen molar-refractivity contribution >= 4 is 23.7 Å². The normalized spacial score (nSPS) is 16.2. The molecular formula is C10H12ClN3O2. The maximum Gasteiger partial charge on any atom is 0.156 e. The molecule has 1 fully saturated rings. The number of halogens is 1. The number of aromatic nitrogens is 2. The molecule has 0 unspecified atom stereocenters. The highest BCUT2D eigenvalue weighted by Crippen LogP contribution is 2.23. The smallest absolute Gasteiger partial charge is 0.156 e. The van der Waals surface area contributed by atoms with Crippen molar-refractivity contribution < 1.29 is 9.53 Å². The standard InChI is InChI=1S/C10H12ClN3O2/c1-7-12-9(11)8(6-15)10(13-7)14-2-4-16-5-3-14/h6H,2-5H2,1H3. The zero-order valence-electron chi connectivity index (χ0n) is 8.94. The predicted molar refractivity (Wildman–Crippen MR) is 60.2 cm³/mol. The lowest BCUT2D eigenvalue weighted by atomic mass is 10.3. The third kappa shape index (κ3) is 2.15. The molecule has 0 aromatic carbocycles. The van der Waals surface area contributed by atoms with Gasteiger partial charge in [-0.2, -0.15) is 0 Å². The first-order valence-corrected chi connectivity index (χ1v) is 5.42. The molecule has 0 saturated carbocycles. The number of aryl methyl sites for hydroxylation is 1. The van der Waals surface area contributed by atoms with Crippen LogP contribution < -0.4 is 4.90 Å². The van der Waals surface area contributed by atoms with Crippen molar-refractivity contribution in [3.8, 4) is 0 Å². The Labute approximate surface area is 98.4 Å². The molecule has 0 bridgehead atoms. The summed E-state index contributed by atoms with van der Waals surface area (Å²) in [6.45, 7) is 4.46. The van der Waals surface area contributed by atoms with Gasteiger partial charge in [0.1, 0.15) is 16.8 Å². The summed E-state index contributed by atoms with van der Waals surface area (Å²) in [5.41, 5.74) is 0.356. The molecule has 0 N–H and O–H groups in total. The van der Waals surface area contributed by atoms with Crippen molar-refractivity contribution in [2.24, 2.45) is 0 Å². The summed E-state index contributed by atoms with van der Waals surface area (Å²) in [7, 11) is 0. The Kier molecular flexibility index (Phi) is 3.36. The number of hydrogen-bond donors (Lipinski definition) is 0. The number of ether oxygens (including phenoxy) is 1. The summed E-state index contributed by atoms with van der Waals surface area (Å²) in [6, 6.07) is 0. The van der Waals surface area contributed by atoms with Crippen LogP contribution in [-0.4, -0.2) is 42.6 Å². The van der Waals surface area contributed by atoms with Gasteiger partial charge in [-0.05, 0) is 6.92 Å². The molecule has 0 radical (unpaired) electrons. The first-order valence-electron chi connectivity index (χ1n) is 5.04. The van der Waals surface area contributed by atoms with E-state index in [0.717, 1.165) is 0 Å². The average molecular weight is 242 g/mol. The lowest BCUT2D eigenvalue weighted by molar-refractivity contribution is 0.111. The molecule has 1 aromatic rings. The maximum atomic E-state index is 11.0. The first kappa shape index (κ1) is 11.3. The minimum atomic E-state index is 0.212. The number of carbonyl (C=O) groups excluding carboxylic acids is 1. The van der Waals surface area contributed by atoms with Crippen molar-refractivity contribution in [1.82, 2.24) is 9.97 Å². The van der Waals surface area contributed by atoms with Gasteiger partial charge in [-0.15, -0.1) is 0 Å². The number of nitrogens with zero attached hydrogens (tertiary/aromatic N) is 3. The fraction of sp³-hybridized carbons (Fsp3) is 0.500. The van der Waals surface area contributed by atoms with E-state index in [1.165, 1.54) is 0 Å². The van der Waals surface area contributed by atoms with Crippen LogP contribution in [0.15, 0.2) is 0 Å². The topological polar surface area (TPSA) is 55.3 Å². The Bertz CT molecular complexity index is 405. The van der Waals surface area contributed by atoms with Crippen LogP contribution in [-0.2, 0) is 4.74 Å². The molecule has 1 aliphatic heterocycles. The van der Waals surface area contributed by atoms with Crippen LogP contribution in [0.25, 0.3) is 0 Å². The van der Waals surface area contributed by atoms with Crippen LogP contribution in [0.3, 0.4) is 0 Å². The molecule has 5 nitrogen and oxygen atoms in total. The minimum Gasteiger partial charge on any atom is -0.378 e. The zero-order chi connectivity index (χ0) is 11.5. The summed E-state index contributed by atoms with van der Waals surface area (Å²) in [6.07, 6.45) is 0.701. The Morgan fingerprint density at radius 3 is 2.69 bits per heavy atom. The number of morpholine rings is 1. The van der Waals surface area contributed by atoms with E-state index in [0.29, 0.717) is 49.8 Å². The molecule has 6 heteroatoms. The minimum absolute atomic E-state index is 0.212. The summed E-state index contributed by atoms with van der Waals surface area (Å²) in [4.78, 5) is 21.2. The van der Waals surface area contributed by atoms with E-state index < -0.39 is 0 Å². The lowest BCUT2D eigenvalue weighted by Crippen LogP contribution is -2.37. The lowest BCUT2D eigenvalue weighted by Gasteiger charge is -2.28. The maximum absolute atomic E-state index is 11.0. The van der Waals surface area contributed by atoms with Crippen molar-refractivity contribution in [2.45, 2.75) is 6.92 Å². The molecule has 0 aliphatic carbocycles. The Morgan fingerprint density at radius 2 is 2.06 bits per heavy atom. The first-order chi connectivity index (χ1) is 7.72. The van der Waals surface area contributed by atoms with Gasteiger partial charge in [-0.25, -0.2) is 9.97 Å². The molecule has 0 spiro atoms. The summed E-state index contributed by atoms with van der Waals surface area (Å²) >= 11 is 5.91. The Hall–Kier alpha value is -1.20. The highest BCUT2D eigenvalue weighted by atomic mass is 35.5. The third-order valence-electron chi connectivity index (χ3n) is 2.42. The predicted octanol–water partition coefficient (Wildman–Crippen LogP) is 1.09. The Morgan fingerprint density at radius 1 is 1.38 bits per heavy atom. The van der Waals surface area contributed by atoms with E-state index in [2.05, 4.69) is 9.97 Å². The van der Waals surface area contributed by atoms with E-state index in [1.807, 2.05) is 4.90 Å². The van der Waals surface area contributed by atoms with Gasteiger partial charge in [0.2, 0.25) is 0 Å². The number of carbonyl (C=O) groups is 1. The molecule has 1 aliphatic rings. The molecule has 0 amide bonds. The molecule has 1 saturated heterocycles. The van der Waals surface area contributed by atoms with E-state index in [1.54, 1.807) is 6.92 Å². The van der Waals surface area contributed by atoms with Gasteiger partial charge in [-0.1, -0.05) is 11.6 Å². The molecule has 86 valence electrons. The molecule has 16 heavy (non-hydrogen) atoms. The van der Waals surface area contributed by atoms with Crippen LogP contribution in [0.1, 0.15) is 16.2 Å². The number of anilines is 1. The number of aldehydes is 1. The van der Waals surface area contributed by atoms with Crippen molar-refractivity contribution in [1.29, 1.82) is 0 Å². The summed E-state index contributed by atoms with van der Waals surface area (Å²) in [5.74, 6) is 1.17. The molecular weight excluding hydrogens is 230 g/mol. The van der Waals surface area contributed by atoms with Crippen LogP contribution in [0.4, 0.5) is 5.82 Å². The van der Waals surface area contributed by atoms with Crippen LogP contribution >= 0.6 is 11.6 Å². The van der Waals surface area contributed by atoms with Crippen LogP contribution in [0.5, 0.6) is 0 Å². The van der Waals surface area contributed by atoms with Crippen molar-refractivity contribution in [3.63, 3.8) is 0 Å². The fourth-order valence-corrected chi connectivity index (χ4v) is 1.90. The second-order valence-electron chi connectivity index (χ2n) is 3.52. The Balaban J connectivity index is 2.40. The SMILES string of the molecule is Cc1nc(Cl)c(C=O)c(N2CCOCC2)n1. The largest absolute Gasteiger partial charge is 0.378 e. The van der Waals surface area contributed by atoms with Crippen molar-refractivity contribution in [3.05, 3.63) is 16.5 Å². The molecule has 2 rings (SSSR count). The zero-order valence-corrected chi connectivity index (χ0v) is 9.70. The third-order valence-corrected chi connectivity index (χ3v) is 2.71. The van der Waals surface area contributed by atoms with Crippen LogP contribution in [0, 0.1) is 6.92 Å². The number of hydrogen-bond acceptors (Lipinski definition) is 5. The van der Waals surface area contributed by atoms with Gasteiger partial charge < -0.3 is 9.64 Å². The monoisotopic (exact) mass is 241 g/mol. The number of rotatable bonds is 2. The highest BCUT2D eigenvalue weighted by Gasteiger charge is 2.19. The van der Waals surface area contributed by atoms with E-state index in [4.69, 9.17) is 16.3 Å². The quantitative estimate of drug-likeness (QED) is 0.573. The van der Waals surface area contributed by atoms with Gasteiger partial charge in [0.25, 0.3) is 0 Å². The van der Waals surface area contributed by atoms with E-state index in [-0.39, 0.29) is 5.15 Å². The summed E-state index contributed by atoms with van der Waals surface area (Å²) in [5, 5.41) is 0.212. The fourth-order valence-electron chi connectivity index (χ4n) is 1.65. The molecule has 2 heterocycles. The molecule has 1 aromatic heterocycles. The second kappa shape index (κ2) is 4.76. The van der Waals surface area contributed by atoms with E-state index >= 15 is 0 Å². The highest BCUT2D eigenvalue weighted by molar-refractivity contribution is 6.32. The van der Waals surface area contributed by atoms with Crippen molar-refractivity contribution in [2.75, 3.05) is 31.2 Å². The van der Waals surface area contributed by atoms with Gasteiger partial charge >= 0.3 is 0 Å². The van der Waals surface area contributed by atoms with Gasteiger partial charge in [0.15, 0.2) is 6.29 Å².